The molecule has 0 bridgehead atoms. The quantitative estimate of drug-likeness (QED) is 0.486. The van der Waals surface area contributed by atoms with E-state index in [4.69, 9.17) is 14.2 Å². The lowest BCUT2D eigenvalue weighted by Crippen LogP contribution is -2.00. The van der Waals surface area contributed by atoms with Gasteiger partial charge in [0.1, 0.15) is 0 Å². The van der Waals surface area contributed by atoms with Gasteiger partial charge in [-0.2, -0.15) is 0 Å². The van der Waals surface area contributed by atoms with Crippen molar-refractivity contribution in [3.05, 3.63) is 58.7 Å². The standard InChI is InChI=1S/C21H24O3S2.C2H6/c1-14-5-7-16(12-18(14)20-4-3-9-22-20)25-26-17-8-6-15(2)19(13-17)21-23-10-11-24-21;1-2/h5-8,12-13,20-21H,3-4,9-11H2,1-2H3;1-2H3. The van der Waals surface area contributed by atoms with E-state index in [2.05, 4.69) is 50.2 Å². The number of hydrogen-bond donors (Lipinski definition) is 0. The first kappa shape index (κ1) is 21.7. The Labute approximate surface area is 176 Å². The van der Waals surface area contributed by atoms with E-state index in [1.165, 1.54) is 26.5 Å². The zero-order valence-corrected chi connectivity index (χ0v) is 18.8. The summed E-state index contributed by atoms with van der Waals surface area (Å²) in [6.07, 6.45) is 2.34. The molecule has 0 N–H and O–H groups in total. The Kier molecular flexibility index (Phi) is 8.30. The van der Waals surface area contributed by atoms with Gasteiger partial charge in [-0.05, 0) is 67.6 Å². The number of ether oxygens (including phenoxy) is 3. The summed E-state index contributed by atoms with van der Waals surface area (Å²) in [7, 11) is 3.57. The van der Waals surface area contributed by atoms with Gasteiger partial charge in [0.2, 0.25) is 0 Å². The van der Waals surface area contributed by atoms with Crippen molar-refractivity contribution in [2.45, 2.75) is 62.7 Å². The van der Waals surface area contributed by atoms with Crippen LogP contribution in [0.4, 0.5) is 0 Å². The third kappa shape index (κ3) is 5.33. The Balaban J connectivity index is 0.00000109. The highest BCUT2D eigenvalue weighted by Crippen LogP contribution is 2.41. The Morgan fingerprint density at radius 2 is 1.32 bits per heavy atom. The molecule has 2 aliphatic heterocycles. The highest BCUT2D eigenvalue weighted by atomic mass is 33.1. The Morgan fingerprint density at radius 1 is 0.750 bits per heavy atom. The third-order valence-corrected chi connectivity index (χ3v) is 7.27. The fourth-order valence-corrected chi connectivity index (χ4v) is 5.39. The highest BCUT2D eigenvalue weighted by Gasteiger charge is 2.21. The van der Waals surface area contributed by atoms with Gasteiger partial charge in [0.05, 0.1) is 19.3 Å². The molecule has 0 saturated carbocycles. The average molecular weight is 419 g/mol. The number of rotatable bonds is 5. The zero-order valence-electron chi connectivity index (χ0n) is 17.2. The van der Waals surface area contributed by atoms with E-state index < -0.39 is 0 Å². The van der Waals surface area contributed by atoms with E-state index in [0.29, 0.717) is 13.2 Å². The smallest absolute Gasteiger partial charge is 0.184 e. The molecular weight excluding hydrogens is 388 g/mol. The molecular formula is C23H30O3S2. The van der Waals surface area contributed by atoms with Crippen LogP contribution in [0.15, 0.2) is 46.2 Å². The molecule has 2 aromatic carbocycles. The van der Waals surface area contributed by atoms with Crippen molar-refractivity contribution in [3.8, 4) is 0 Å². The van der Waals surface area contributed by atoms with Crippen LogP contribution >= 0.6 is 21.6 Å². The molecule has 0 spiro atoms. The maximum atomic E-state index is 5.88. The van der Waals surface area contributed by atoms with Crippen molar-refractivity contribution >= 4 is 21.6 Å². The Bertz CT molecular complexity index is 701. The predicted octanol–water partition coefficient (Wildman–Crippen LogP) is 7.03. The molecule has 0 amide bonds. The second kappa shape index (κ2) is 10.7. The lowest BCUT2D eigenvalue weighted by Gasteiger charge is -2.15. The fraction of sp³-hybridized carbons (Fsp3) is 0.478. The zero-order chi connectivity index (χ0) is 19.9. The maximum Gasteiger partial charge on any atom is 0.184 e. The second-order valence-corrected chi connectivity index (χ2v) is 9.05. The fourth-order valence-electron chi connectivity index (χ4n) is 3.40. The molecule has 0 radical (unpaired) electrons. The molecule has 4 rings (SSSR count). The van der Waals surface area contributed by atoms with Crippen molar-refractivity contribution in [2.75, 3.05) is 19.8 Å². The molecule has 1 atom stereocenters. The molecule has 2 aromatic rings. The molecule has 5 heteroatoms. The van der Waals surface area contributed by atoms with Gasteiger partial charge in [0.25, 0.3) is 0 Å². The van der Waals surface area contributed by atoms with Gasteiger partial charge in [-0.15, -0.1) is 0 Å². The lowest BCUT2D eigenvalue weighted by molar-refractivity contribution is -0.0446. The van der Waals surface area contributed by atoms with E-state index in [1.807, 2.05) is 13.8 Å². The van der Waals surface area contributed by atoms with Gasteiger partial charge in [0.15, 0.2) is 6.29 Å². The molecule has 28 heavy (non-hydrogen) atoms. The first-order valence-corrected chi connectivity index (χ1v) is 12.3. The van der Waals surface area contributed by atoms with Gasteiger partial charge in [-0.1, -0.05) is 47.6 Å². The minimum Gasteiger partial charge on any atom is -0.374 e. The van der Waals surface area contributed by atoms with Gasteiger partial charge in [0, 0.05) is 22.0 Å². The van der Waals surface area contributed by atoms with Gasteiger partial charge < -0.3 is 14.2 Å². The van der Waals surface area contributed by atoms with E-state index in [0.717, 1.165) is 25.0 Å². The predicted molar refractivity (Wildman–Crippen MR) is 118 cm³/mol. The number of hydrogen-bond acceptors (Lipinski definition) is 5. The minimum absolute atomic E-state index is 0.217. The van der Waals surface area contributed by atoms with Crippen LogP contribution in [0.2, 0.25) is 0 Å². The lowest BCUT2D eigenvalue weighted by atomic mass is 10.0. The minimum atomic E-state index is -0.217. The summed E-state index contributed by atoms with van der Waals surface area (Å²) < 4.78 is 17.2. The van der Waals surface area contributed by atoms with Crippen molar-refractivity contribution in [2.24, 2.45) is 0 Å². The van der Waals surface area contributed by atoms with E-state index >= 15 is 0 Å². The van der Waals surface area contributed by atoms with Gasteiger partial charge in [-0.3, -0.25) is 0 Å². The second-order valence-electron chi connectivity index (χ2n) is 6.78. The molecule has 2 saturated heterocycles. The molecule has 3 nitrogen and oxygen atoms in total. The van der Waals surface area contributed by atoms with Crippen LogP contribution in [0.1, 0.15) is 61.3 Å². The topological polar surface area (TPSA) is 27.7 Å². The number of aryl methyl sites for hydroxylation is 2. The van der Waals surface area contributed by atoms with Crippen LogP contribution < -0.4 is 0 Å². The third-order valence-electron chi connectivity index (χ3n) is 4.89. The van der Waals surface area contributed by atoms with E-state index in [-0.39, 0.29) is 12.4 Å². The summed E-state index contributed by atoms with van der Waals surface area (Å²) in [4.78, 5) is 2.48. The molecule has 0 aliphatic carbocycles. The van der Waals surface area contributed by atoms with Gasteiger partial charge in [-0.25, -0.2) is 0 Å². The molecule has 0 aromatic heterocycles. The molecule has 152 valence electrons. The van der Waals surface area contributed by atoms with Crippen molar-refractivity contribution < 1.29 is 14.2 Å². The van der Waals surface area contributed by atoms with Crippen LogP contribution in [0.25, 0.3) is 0 Å². The van der Waals surface area contributed by atoms with Crippen LogP contribution in [-0.2, 0) is 14.2 Å². The SMILES string of the molecule is CC.Cc1ccc(SSc2ccc(C)c(C3OCCO3)c2)cc1C1CCCO1. The first-order chi connectivity index (χ1) is 13.7. The highest BCUT2D eigenvalue weighted by molar-refractivity contribution is 8.76. The van der Waals surface area contributed by atoms with Crippen molar-refractivity contribution in [1.82, 2.24) is 0 Å². The normalized spacial score (nSPS) is 19.5. The van der Waals surface area contributed by atoms with E-state index in [1.54, 1.807) is 21.6 Å². The largest absolute Gasteiger partial charge is 0.374 e. The maximum absolute atomic E-state index is 5.88. The summed E-state index contributed by atoms with van der Waals surface area (Å²) in [6, 6.07) is 13.2. The van der Waals surface area contributed by atoms with E-state index in [9.17, 15) is 0 Å². The Hall–Kier alpha value is -0.980. The molecule has 2 fully saturated rings. The van der Waals surface area contributed by atoms with Crippen LogP contribution in [0.3, 0.4) is 0 Å². The molecule has 2 aliphatic rings. The average Bonchev–Trinajstić information content (AvgIpc) is 3.44. The summed E-state index contributed by atoms with van der Waals surface area (Å²) in [5, 5.41) is 0. The molecule has 2 heterocycles. The van der Waals surface area contributed by atoms with Crippen molar-refractivity contribution in [3.63, 3.8) is 0 Å². The van der Waals surface area contributed by atoms with Crippen LogP contribution in [-0.4, -0.2) is 19.8 Å². The summed E-state index contributed by atoms with van der Waals surface area (Å²) >= 11 is 0. The first-order valence-electron chi connectivity index (χ1n) is 10.1. The Morgan fingerprint density at radius 3 is 1.89 bits per heavy atom. The van der Waals surface area contributed by atoms with Crippen molar-refractivity contribution in [1.29, 1.82) is 0 Å². The number of benzene rings is 2. The van der Waals surface area contributed by atoms with Crippen LogP contribution in [0, 0.1) is 13.8 Å². The van der Waals surface area contributed by atoms with Gasteiger partial charge >= 0.3 is 0 Å². The monoisotopic (exact) mass is 418 g/mol. The molecule has 1 unspecified atom stereocenters. The summed E-state index contributed by atoms with van der Waals surface area (Å²) in [5.41, 5.74) is 5.00. The van der Waals surface area contributed by atoms with Crippen LogP contribution in [0.5, 0.6) is 0 Å². The summed E-state index contributed by atoms with van der Waals surface area (Å²) in [5.74, 6) is 0. The summed E-state index contributed by atoms with van der Waals surface area (Å²) in [6.45, 7) is 10.5.